The fourth-order valence-electron chi connectivity index (χ4n) is 2.76. The van der Waals surface area contributed by atoms with Crippen LogP contribution >= 0.6 is 0 Å². The van der Waals surface area contributed by atoms with Crippen LogP contribution in [-0.4, -0.2) is 43.4 Å². The Morgan fingerprint density at radius 1 is 1.39 bits per heavy atom. The first-order chi connectivity index (χ1) is 10.8. The molecule has 0 radical (unpaired) electrons. The minimum atomic E-state index is -4.44. The molecule has 1 atom stereocenters. The first-order valence-corrected chi connectivity index (χ1v) is 7.24. The molecule has 3 heterocycles. The van der Waals surface area contributed by atoms with Gasteiger partial charge in [-0.1, -0.05) is 0 Å². The van der Waals surface area contributed by atoms with E-state index >= 15 is 0 Å². The van der Waals surface area contributed by atoms with Gasteiger partial charge >= 0.3 is 6.18 Å². The van der Waals surface area contributed by atoms with E-state index in [1.54, 1.807) is 22.7 Å². The van der Waals surface area contributed by atoms with E-state index in [1.165, 1.54) is 6.33 Å². The predicted octanol–water partition coefficient (Wildman–Crippen LogP) is 2.18. The van der Waals surface area contributed by atoms with Gasteiger partial charge in [-0.2, -0.15) is 13.2 Å². The number of imidazole rings is 2. The molecule has 1 N–H and O–H groups in total. The van der Waals surface area contributed by atoms with E-state index in [4.69, 9.17) is 0 Å². The van der Waals surface area contributed by atoms with Gasteiger partial charge in [-0.3, -0.25) is 4.79 Å². The summed E-state index contributed by atoms with van der Waals surface area (Å²) in [4.78, 5) is 24.2. The molecule has 3 rings (SSSR count). The van der Waals surface area contributed by atoms with E-state index in [0.29, 0.717) is 31.6 Å². The largest absolute Gasteiger partial charge is 0.432 e. The maximum Gasteiger partial charge on any atom is 0.432 e. The number of likely N-dealkylation sites (tertiary alicyclic amines) is 1. The highest BCUT2D eigenvalue weighted by Gasteiger charge is 2.35. The van der Waals surface area contributed by atoms with Crippen LogP contribution in [0.25, 0.3) is 0 Å². The Bertz CT molecular complexity index is 705. The zero-order valence-electron chi connectivity index (χ0n) is 12.5. The van der Waals surface area contributed by atoms with Crippen molar-refractivity contribution in [2.75, 3.05) is 13.1 Å². The van der Waals surface area contributed by atoms with Gasteiger partial charge < -0.3 is 14.5 Å². The van der Waals surface area contributed by atoms with Crippen molar-refractivity contribution < 1.29 is 18.0 Å². The van der Waals surface area contributed by atoms with Gasteiger partial charge in [0.15, 0.2) is 0 Å². The number of hydrogen-bond acceptors (Lipinski definition) is 3. The van der Waals surface area contributed by atoms with E-state index in [2.05, 4.69) is 15.0 Å². The third-order valence-electron chi connectivity index (χ3n) is 3.92. The summed E-state index contributed by atoms with van der Waals surface area (Å²) in [7, 11) is 1.77. The second-order valence-electron chi connectivity index (χ2n) is 5.69. The number of hydrogen-bond donors (Lipinski definition) is 1. The highest BCUT2D eigenvalue weighted by Crippen LogP contribution is 2.31. The third kappa shape index (κ3) is 3.22. The number of H-pyrrole nitrogens is 1. The van der Waals surface area contributed by atoms with Crippen LogP contribution in [0, 0.1) is 0 Å². The van der Waals surface area contributed by atoms with Gasteiger partial charge in [0.2, 0.25) is 0 Å². The zero-order chi connectivity index (χ0) is 16.6. The minimum absolute atomic E-state index is 0.210. The molecule has 0 spiro atoms. The summed E-state index contributed by atoms with van der Waals surface area (Å²) in [5.74, 6) is -0.166. The Balaban J connectivity index is 1.73. The molecular formula is C14H16F3N5O. The quantitative estimate of drug-likeness (QED) is 0.919. The van der Waals surface area contributed by atoms with Crippen molar-refractivity contribution >= 4 is 5.91 Å². The number of carbonyl (C=O) groups excluding carboxylic acids is 1. The molecule has 1 amide bonds. The van der Waals surface area contributed by atoms with E-state index < -0.39 is 11.9 Å². The van der Waals surface area contributed by atoms with Crippen LogP contribution in [0.5, 0.6) is 0 Å². The van der Waals surface area contributed by atoms with Crippen molar-refractivity contribution in [1.82, 2.24) is 24.4 Å². The number of amides is 1. The number of rotatable bonds is 2. The van der Waals surface area contributed by atoms with Crippen LogP contribution in [0.15, 0.2) is 18.7 Å². The topological polar surface area (TPSA) is 66.8 Å². The number of alkyl halides is 3. The van der Waals surface area contributed by atoms with Crippen molar-refractivity contribution in [3.05, 3.63) is 35.9 Å². The summed E-state index contributed by atoms with van der Waals surface area (Å²) in [6.07, 6.45) is 0.928. The van der Waals surface area contributed by atoms with E-state index in [0.717, 1.165) is 6.20 Å². The molecule has 1 saturated heterocycles. The van der Waals surface area contributed by atoms with Crippen LogP contribution in [0.2, 0.25) is 0 Å². The second kappa shape index (κ2) is 5.71. The van der Waals surface area contributed by atoms with Crippen molar-refractivity contribution in [2.45, 2.75) is 24.9 Å². The molecule has 9 heteroatoms. The van der Waals surface area contributed by atoms with Crippen molar-refractivity contribution in [3.63, 3.8) is 0 Å². The summed E-state index contributed by atoms with van der Waals surface area (Å²) >= 11 is 0. The number of nitrogens with zero attached hydrogens (tertiary/aromatic N) is 4. The van der Waals surface area contributed by atoms with Crippen LogP contribution < -0.4 is 0 Å². The highest BCUT2D eigenvalue weighted by molar-refractivity contribution is 5.92. The van der Waals surface area contributed by atoms with Crippen molar-refractivity contribution in [1.29, 1.82) is 0 Å². The number of piperidine rings is 1. The lowest BCUT2D eigenvalue weighted by atomic mass is 9.97. The Morgan fingerprint density at radius 3 is 2.78 bits per heavy atom. The fraction of sp³-hybridized carbons (Fsp3) is 0.500. The second-order valence-corrected chi connectivity index (χ2v) is 5.69. The lowest BCUT2D eigenvalue weighted by Crippen LogP contribution is -2.39. The Morgan fingerprint density at radius 2 is 2.17 bits per heavy atom. The molecule has 2 aromatic rings. The molecule has 1 aliphatic rings. The van der Waals surface area contributed by atoms with Crippen LogP contribution in [0.4, 0.5) is 13.2 Å². The average Bonchev–Trinajstić information content (AvgIpc) is 3.15. The molecule has 0 unspecified atom stereocenters. The average molecular weight is 327 g/mol. The van der Waals surface area contributed by atoms with Gasteiger partial charge in [-0.25, -0.2) is 9.97 Å². The lowest BCUT2D eigenvalue weighted by molar-refractivity contribution is -0.141. The normalized spacial score (nSPS) is 19.1. The molecule has 1 aliphatic heterocycles. The summed E-state index contributed by atoms with van der Waals surface area (Å²) in [6, 6.07) is 0. The van der Waals surface area contributed by atoms with Gasteiger partial charge in [0.1, 0.15) is 17.2 Å². The fourth-order valence-corrected chi connectivity index (χ4v) is 2.76. The van der Waals surface area contributed by atoms with Crippen molar-refractivity contribution in [3.8, 4) is 0 Å². The Hall–Kier alpha value is -2.32. The van der Waals surface area contributed by atoms with Gasteiger partial charge in [0.25, 0.3) is 5.91 Å². The summed E-state index contributed by atoms with van der Waals surface area (Å²) in [6.45, 7) is 0.902. The number of aromatic amines is 1. The third-order valence-corrected chi connectivity index (χ3v) is 3.92. The number of carbonyl (C=O) groups is 1. The van der Waals surface area contributed by atoms with Crippen molar-refractivity contribution in [2.24, 2.45) is 7.05 Å². The highest BCUT2D eigenvalue weighted by atomic mass is 19.4. The van der Waals surface area contributed by atoms with Crippen LogP contribution in [0.1, 0.15) is 40.8 Å². The Labute approximate surface area is 130 Å². The van der Waals surface area contributed by atoms with Crippen LogP contribution in [-0.2, 0) is 13.2 Å². The molecule has 0 aliphatic carbocycles. The van der Waals surface area contributed by atoms with Gasteiger partial charge in [-0.15, -0.1) is 0 Å². The predicted molar refractivity (Wildman–Crippen MR) is 74.7 cm³/mol. The summed E-state index contributed by atoms with van der Waals surface area (Å²) in [5, 5.41) is 0. The molecular weight excluding hydrogens is 311 g/mol. The van der Waals surface area contributed by atoms with Gasteiger partial charge in [0, 0.05) is 32.3 Å². The summed E-state index contributed by atoms with van der Waals surface area (Å²) in [5.41, 5.74) is -0.524. The number of nitrogens with one attached hydrogen (secondary N) is 1. The van der Waals surface area contributed by atoms with E-state index in [9.17, 15) is 18.0 Å². The first kappa shape index (κ1) is 15.6. The maximum absolute atomic E-state index is 12.7. The zero-order valence-corrected chi connectivity index (χ0v) is 12.5. The molecule has 1 fully saturated rings. The van der Waals surface area contributed by atoms with E-state index in [1.807, 2.05) is 0 Å². The molecule has 2 aromatic heterocycles. The van der Waals surface area contributed by atoms with Crippen LogP contribution in [0.3, 0.4) is 0 Å². The number of aromatic nitrogens is 4. The SMILES string of the molecule is Cn1cnc(C(=O)N2CCC[C@H](c3ncc(C(F)(F)F)[nH]3)C2)c1. The van der Waals surface area contributed by atoms with E-state index in [-0.39, 0.29) is 17.6 Å². The number of aryl methyl sites for hydroxylation is 1. The molecule has 0 saturated carbocycles. The minimum Gasteiger partial charge on any atom is -0.340 e. The van der Waals surface area contributed by atoms with Gasteiger partial charge in [-0.05, 0) is 12.8 Å². The first-order valence-electron chi connectivity index (χ1n) is 7.24. The maximum atomic E-state index is 12.7. The molecule has 0 aromatic carbocycles. The standard InChI is InChI=1S/C14H16F3N5O/c1-21-7-10(19-8-21)13(23)22-4-2-3-9(6-22)12-18-5-11(20-12)14(15,16)17/h5,7-9H,2-4,6H2,1H3,(H,18,20)/t9-/m0/s1. The molecule has 124 valence electrons. The molecule has 0 bridgehead atoms. The van der Waals surface area contributed by atoms with Gasteiger partial charge in [0.05, 0.1) is 12.5 Å². The Kier molecular flexibility index (Phi) is 3.87. The molecule has 23 heavy (non-hydrogen) atoms. The number of halogens is 3. The monoisotopic (exact) mass is 327 g/mol. The molecule has 6 nitrogen and oxygen atoms in total. The summed E-state index contributed by atoms with van der Waals surface area (Å²) < 4.78 is 39.6. The smallest absolute Gasteiger partial charge is 0.340 e. The lowest BCUT2D eigenvalue weighted by Gasteiger charge is -2.31.